The summed E-state index contributed by atoms with van der Waals surface area (Å²) in [6.45, 7) is 0.536. The first-order valence-electron chi connectivity index (χ1n) is 8.64. The highest BCUT2D eigenvalue weighted by atomic mass is 19.4. The number of nitriles is 1. The molecule has 0 fully saturated rings. The van der Waals surface area contributed by atoms with Crippen molar-refractivity contribution in [3.8, 4) is 6.07 Å². The van der Waals surface area contributed by atoms with Crippen molar-refractivity contribution >= 4 is 17.5 Å². The highest BCUT2D eigenvalue weighted by molar-refractivity contribution is 5.70. The molecule has 1 atom stereocenters. The second-order valence-corrected chi connectivity index (χ2v) is 6.61. The summed E-state index contributed by atoms with van der Waals surface area (Å²) in [4.78, 5) is 12.9. The monoisotopic (exact) mass is 389 g/mol. The lowest BCUT2D eigenvalue weighted by Crippen LogP contribution is -2.35. The van der Waals surface area contributed by atoms with Gasteiger partial charge in [0.2, 0.25) is 0 Å². The van der Waals surface area contributed by atoms with Gasteiger partial charge in [0.1, 0.15) is 0 Å². The zero-order valence-corrected chi connectivity index (χ0v) is 14.9. The number of rotatable bonds is 4. The van der Waals surface area contributed by atoms with Gasteiger partial charge in [-0.1, -0.05) is 12.1 Å². The minimum atomic E-state index is -4.41. The third-order valence-corrected chi connectivity index (χ3v) is 4.71. The lowest BCUT2D eigenvalue weighted by atomic mass is 9.88. The molecule has 2 N–H and O–H groups in total. The molecule has 1 heterocycles. The topological polar surface area (TPSA) is 79.3 Å². The van der Waals surface area contributed by atoms with Gasteiger partial charge in [-0.15, -0.1) is 0 Å². The van der Waals surface area contributed by atoms with E-state index in [9.17, 15) is 18.0 Å². The average molecular weight is 389 g/mol. The molecule has 0 saturated carbocycles. The van der Waals surface area contributed by atoms with Crippen molar-refractivity contribution in [2.24, 2.45) is 11.7 Å². The SMILES string of the molecule is N#CCc1cccc2c1CC(COC(N)=O)CN2c1ccc(C(F)(F)F)cc1. The molecule has 1 unspecified atom stereocenters. The Bertz CT molecular complexity index is 904. The molecule has 0 bridgehead atoms. The Balaban J connectivity index is 1.98. The maximum atomic E-state index is 12.9. The maximum absolute atomic E-state index is 12.9. The molecular formula is C20H18F3N3O2. The van der Waals surface area contributed by atoms with Crippen molar-refractivity contribution in [3.63, 3.8) is 0 Å². The van der Waals surface area contributed by atoms with Crippen LogP contribution in [0.4, 0.5) is 29.3 Å². The molecule has 0 spiro atoms. The summed E-state index contributed by atoms with van der Waals surface area (Å²) in [5.41, 5.74) is 7.54. The van der Waals surface area contributed by atoms with Crippen LogP contribution in [0.5, 0.6) is 0 Å². The number of benzene rings is 2. The fourth-order valence-corrected chi connectivity index (χ4v) is 3.46. The van der Waals surface area contributed by atoms with Gasteiger partial charge < -0.3 is 15.4 Å². The fraction of sp³-hybridized carbons (Fsp3) is 0.300. The van der Waals surface area contributed by atoms with Gasteiger partial charge in [-0.25, -0.2) is 4.79 Å². The van der Waals surface area contributed by atoms with Crippen LogP contribution >= 0.6 is 0 Å². The highest BCUT2D eigenvalue weighted by Gasteiger charge is 2.31. The van der Waals surface area contributed by atoms with Crippen LogP contribution in [-0.4, -0.2) is 19.2 Å². The first-order valence-corrected chi connectivity index (χ1v) is 8.64. The molecule has 5 nitrogen and oxygen atoms in total. The molecule has 28 heavy (non-hydrogen) atoms. The Morgan fingerprint density at radius 1 is 1.25 bits per heavy atom. The van der Waals surface area contributed by atoms with E-state index in [1.807, 2.05) is 23.1 Å². The minimum Gasteiger partial charge on any atom is -0.449 e. The Morgan fingerprint density at radius 2 is 1.96 bits per heavy atom. The van der Waals surface area contributed by atoms with Crippen LogP contribution in [-0.2, 0) is 23.8 Å². The third kappa shape index (κ3) is 4.19. The number of anilines is 2. The van der Waals surface area contributed by atoms with Crippen molar-refractivity contribution in [2.45, 2.75) is 19.0 Å². The number of ether oxygens (including phenoxy) is 1. The number of hydrogen-bond donors (Lipinski definition) is 1. The number of nitrogens with zero attached hydrogens (tertiary/aromatic N) is 2. The molecule has 2 aromatic carbocycles. The zero-order chi connectivity index (χ0) is 20.3. The standard InChI is InChI=1S/C20H18F3N3O2/c21-20(22,23)15-4-6-16(7-5-15)26-11-13(12-28-19(25)27)10-17-14(8-9-24)2-1-3-18(17)26/h1-7,13H,8,10-12H2,(H2,25,27). The van der Waals surface area contributed by atoms with Crippen LogP contribution in [0.15, 0.2) is 42.5 Å². The van der Waals surface area contributed by atoms with Crippen molar-refractivity contribution in [1.29, 1.82) is 5.26 Å². The van der Waals surface area contributed by atoms with E-state index in [4.69, 9.17) is 15.7 Å². The van der Waals surface area contributed by atoms with Crippen molar-refractivity contribution in [3.05, 3.63) is 59.2 Å². The second-order valence-electron chi connectivity index (χ2n) is 6.61. The molecule has 3 rings (SSSR count). The summed E-state index contributed by atoms with van der Waals surface area (Å²) in [5, 5.41) is 9.10. The van der Waals surface area contributed by atoms with E-state index in [-0.39, 0.29) is 18.9 Å². The first-order chi connectivity index (χ1) is 13.3. The van der Waals surface area contributed by atoms with Crippen LogP contribution in [0.2, 0.25) is 0 Å². The van der Waals surface area contributed by atoms with Crippen molar-refractivity contribution < 1.29 is 22.7 Å². The van der Waals surface area contributed by atoms with Gasteiger partial charge >= 0.3 is 12.3 Å². The highest BCUT2D eigenvalue weighted by Crippen LogP contribution is 2.38. The molecule has 8 heteroatoms. The Kier molecular flexibility index (Phi) is 5.45. The number of nitrogens with two attached hydrogens (primary N) is 1. The number of fused-ring (bicyclic) bond motifs is 1. The molecule has 0 radical (unpaired) electrons. The van der Waals surface area contributed by atoms with Gasteiger partial charge in [0.15, 0.2) is 0 Å². The number of carbonyl (C=O) groups excluding carboxylic acids is 1. The Labute approximate surface area is 160 Å². The molecule has 1 aliphatic rings. The van der Waals surface area contributed by atoms with E-state index in [0.717, 1.165) is 28.9 Å². The quantitative estimate of drug-likeness (QED) is 0.851. The minimum absolute atomic E-state index is 0.0901. The van der Waals surface area contributed by atoms with Gasteiger partial charge in [0.25, 0.3) is 0 Å². The Hall–Kier alpha value is -3.21. The van der Waals surface area contributed by atoms with Gasteiger partial charge in [-0.2, -0.15) is 18.4 Å². The van der Waals surface area contributed by atoms with Gasteiger partial charge in [-0.3, -0.25) is 0 Å². The molecule has 1 amide bonds. The molecule has 146 valence electrons. The summed E-state index contributed by atoms with van der Waals surface area (Å²) in [7, 11) is 0. The van der Waals surface area contributed by atoms with E-state index in [1.54, 1.807) is 0 Å². The Morgan fingerprint density at radius 3 is 2.57 bits per heavy atom. The number of alkyl halides is 3. The normalized spacial score (nSPS) is 16.2. The van der Waals surface area contributed by atoms with Crippen LogP contribution in [0.25, 0.3) is 0 Å². The molecule has 0 aromatic heterocycles. The van der Waals surface area contributed by atoms with Gasteiger partial charge in [0, 0.05) is 23.8 Å². The van der Waals surface area contributed by atoms with Crippen LogP contribution in [0.3, 0.4) is 0 Å². The number of halogens is 3. The summed E-state index contributed by atoms with van der Waals surface area (Å²) in [6.07, 6.45) is -4.49. The van der Waals surface area contributed by atoms with Gasteiger partial charge in [0.05, 0.1) is 24.7 Å². The first kappa shape index (κ1) is 19.5. The predicted octanol–water partition coefficient (Wildman–Crippen LogP) is 4.18. The molecular weight excluding hydrogens is 371 g/mol. The van der Waals surface area contributed by atoms with Crippen LogP contribution in [0, 0.1) is 17.2 Å². The molecule has 1 aliphatic heterocycles. The van der Waals surface area contributed by atoms with Crippen molar-refractivity contribution in [2.75, 3.05) is 18.1 Å². The predicted molar refractivity (Wildman–Crippen MR) is 96.9 cm³/mol. The zero-order valence-electron chi connectivity index (χ0n) is 14.9. The summed E-state index contributed by atoms with van der Waals surface area (Å²) >= 11 is 0. The van der Waals surface area contributed by atoms with E-state index in [1.165, 1.54) is 12.1 Å². The molecule has 0 aliphatic carbocycles. The van der Waals surface area contributed by atoms with Crippen LogP contribution < -0.4 is 10.6 Å². The largest absolute Gasteiger partial charge is 0.449 e. The van der Waals surface area contributed by atoms with Crippen molar-refractivity contribution in [1.82, 2.24) is 0 Å². The lowest BCUT2D eigenvalue weighted by Gasteiger charge is -2.37. The van der Waals surface area contributed by atoms with Crippen LogP contribution in [0.1, 0.15) is 16.7 Å². The third-order valence-electron chi connectivity index (χ3n) is 4.71. The fourth-order valence-electron chi connectivity index (χ4n) is 3.46. The maximum Gasteiger partial charge on any atom is 0.416 e. The summed E-state index contributed by atoms with van der Waals surface area (Å²) in [5.74, 6) is -0.109. The summed E-state index contributed by atoms with van der Waals surface area (Å²) < 4.78 is 43.6. The second kappa shape index (κ2) is 7.80. The number of amides is 1. The smallest absolute Gasteiger partial charge is 0.416 e. The number of primary amides is 1. The molecule has 0 saturated heterocycles. The van der Waals surface area contributed by atoms with E-state index >= 15 is 0 Å². The lowest BCUT2D eigenvalue weighted by molar-refractivity contribution is -0.137. The molecule has 2 aromatic rings. The summed E-state index contributed by atoms with van der Waals surface area (Å²) in [6, 6.07) is 12.6. The van der Waals surface area contributed by atoms with E-state index in [2.05, 4.69) is 6.07 Å². The number of hydrogen-bond acceptors (Lipinski definition) is 4. The number of carbonyl (C=O) groups is 1. The average Bonchev–Trinajstić information content (AvgIpc) is 2.66. The van der Waals surface area contributed by atoms with Gasteiger partial charge in [-0.05, 0) is 47.9 Å². The van der Waals surface area contributed by atoms with E-state index in [0.29, 0.717) is 18.7 Å². The van der Waals surface area contributed by atoms with E-state index < -0.39 is 17.8 Å².